The van der Waals surface area contributed by atoms with Crippen molar-refractivity contribution in [1.82, 2.24) is 10.3 Å². The predicted molar refractivity (Wildman–Crippen MR) is 130 cm³/mol. The molecular formula is C25H30N4O3S. The standard InChI is InChI=1S/C25H30N4O3S/c1-32-25(31)22-15-33-24(29-22)20-12-11-19(27-20)21(13-16-5-3-2-4-6-16)28-23(30)18-9-7-17(14-26)8-10-18/h2-6,12,15,17-18,21H,7-11,13-14,26H2,1H3,(H,28,30)/t17?,18?,21-/m0/s1. The van der Waals surface area contributed by atoms with Gasteiger partial charge in [0.2, 0.25) is 5.91 Å². The summed E-state index contributed by atoms with van der Waals surface area (Å²) in [7, 11) is 1.34. The highest BCUT2D eigenvalue weighted by Gasteiger charge is 2.29. The Bertz CT molecular complexity index is 1040. The number of nitrogens with zero attached hydrogens (tertiary/aromatic N) is 2. The van der Waals surface area contributed by atoms with Gasteiger partial charge in [0.05, 0.1) is 18.8 Å². The van der Waals surface area contributed by atoms with Crippen LogP contribution in [0, 0.1) is 11.8 Å². The summed E-state index contributed by atoms with van der Waals surface area (Å²) in [5, 5.41) is 5.64. The number of aliphatic imine (C=N–C) groups is 1. The van der Waals surface area contributed by atoms with Gasteiger partial charge in [-0.05, 0) is 56.2 Å². The number of ether oxygens (including phenoxy) is 1. The quantitative estimate of drug-likeness (QED) is 0.578. The molecule has 1 amide bonds. The number of carbonyl (C=O) groups is 2. The Morgan fingerprint density at radius 3 is 2.67 bits per heavy atom. The van der Waals surface area contributed by atoms with Gasteiger partial charge in [-0.1, -0.05) is 30.3 Å². The molecule has 1 aromatic heterocycles. The van der Waals surface area contributed by atoms with Crippen LogP contribution >= 0.6 is 11.3 Å². The average molecular weight is 467 g/mol. The monoisotopic (exact) mass is 466 g/mol. The molecule has 1 aromatic carbocycles. The maximum atomic E-state index is 13.1. The highest BCUT2D eigenvalue weighted by molar-refractivity contribution is 7.11. The number of rotatable bonds is 8. The number of aromatic nitrogens is 1. The summed E-state index contributed by atoms with van der Waals surface area (Å²) >= 11 is 1.36. The lowest BCUT2D eigenvalue weighted by atomic mass is 9.81. The molecule has 1 atom stereocenters. The lowest BCUT2D eigenvalue weighted by Gasteiger charge is -2.29. The average Bonchev–Trinajstić information content (AvgIpc) is 3.54. The fourth-order valence-electron chi connectivity index (χ4n) is 4.44. The zero-order valence-electron chi connectivity index (χ0n) is 18.8. The Hall–Kier alpha value is -2.84. The molecule has 0 unspecified atom stereocenters. The molecule has 0 bridgehead atoms. The number of methoxy groups -OCH3 is 1. The van der Waals surface area contributed by atoms with Crippen molar-refractivity contribution in [3.05, 3.63) is 58.1 Å². The molecule has 2 heterocycles. The lowest BCUT2D eigenvalue weighted by Crippen LogP contribution is -2.45. The molecule has 0 radical (unpaired) electrons. The van der Waals surface area contributed by atoms with E-state index in [4.69, 9.17) is 15.5 Å². The molecule has 1 fully saturated rings. The number of allylic oxidation sites excluding steroid dienone is 1. The smallest absolute Gasteiger partial charge is 0.357 e. The van der Waals surface area contributed by atoms with Crippen molar-refractivity contribution in [2.45, 2.75) is 44.6 Å². The Morgan fingerprint density at radius 2 is 1.97 bits per heavy atom. The number of thiazole rings is 1. The highest BCUT2D eigenvalue weighted by atomic mass is 32.1. The number of amides is 1. The van der Waals surface area contributed by atoms with Crippen molar-refractivity contribution >= 4 is 34.6 Å². The van der Waals surface area contributed by atoms with Gasteiger partial charge in [-0.2, -0.15) is 0 Å². The van der Waals surface area contributed by atoms with Crippen LogP contribution < -0.4 is 11.1 Å². The molecule has 2 aliphatic rings. The summed E-state index contributed by atoms with van der Waals surface area (Å²) in [5.74, 6) is 0.207. The number of hydrogen-bond donors (Lipinski definition) is 2. The van der Waals surface area contributed by atoms with Crippen molar-refractivity contribution in [1.29, 1.82) is 0 Å². The molecular weight excluding hydrogens is 436 g/mol. The highest BCUT2D eigenvalue weighted by Crippen LogP contribution is 2.30. The molecule has 4 rings (SSSR count). The number of carbonyl (C=O) groups excluding carboxylic acids is 2. The van der Waals surface area contributed by atoms with Crippen LogP contribution in [0.4, 0.5) is 0 Å². The zero-order chi connectivity index (χ0) is 23.2. The van der Waals surface area contributed by atoms with E-state index in [1.54, 1.807) is 5.38 Å². The van der Waals surface area contributed by atoms with Gasteiger partial charge in [-0.25, -0.2) is 9.78 Å². The van der Waals surface area contributed by atoms with Crippen molar-refractivity contribution in [3.63, 3.8) is 0 Å². The van der Waals surface area contributed by atoms with Crippen LogP contribution in [-0.4, -0.2) is 42.3 Å². The molecule has 0 saturated heterocycles. The third-order valence-corrected chi connectivity index (χ3v) is 7.30. The first-order valence-corrected chi connectivity index (χ1v) is 12.3. The van der Waals surface area contributed by atoms with Gasteiger partial charge in [0.25, 0.3) is 0 Å². The van der Waals surface area contributed by atoms with Crippen LogP contribution in [0.3, 0.4) is 0 Å². The molecule has 1 aliphatic heterocycles. The largest absolute Gasteiger partial charge is 0.464 e. The van der Waals surface area contributed by atoms with Crippen LogP contribution in [0.1, 0.15) is 53.2 Å². The summed E-state index contributed by atoms with van der Waals surface area (Å²) in [5.41, 5.74) is 8.88. The molecule has 1 aliphatic carbocycles. The van der Waals surface area contributed by atoms with E-state index in [0.717, 1.165) is 42.7 Å². The third-order valence-electron chi connectivity index (χ3n) is 6.44. The minimum absolute atomic E-state index is 0.0297. The zero-order valence-corrected chi connectivity index (χ0v) is 19.6. The van der Waals surface area contributed by atoms with Crippen LogP contribution in [0.15, 0.2) is 46.8 Å². The summed E-state index contributed by atoms with van der Waals surface area (Å²) < 4.78 is 4.75. The van der Waals surface area contributed by atoms with Gasteiger partial charge in [-0.15, -0.1) is 11.3 Å². The second-order valence-electron chi connectivity index (χ2n) is 8.63. The summed E-state index contributed by atoms with van der Waals surface area (Å²) in [6.07, 6.45) is 7.12. The Balaban J connectivity index is 1.49. The van der Waals surface area contributed by atoms with Crippen molar-refractivity contribution in [3.8, 4) is 0 Å². The summed E-state index contributed by atoms with van der Waals surface area (Å²) in [6, 6.07) is 9.94. The second-order valence-corrected chi connectivity index (χ2v) is 9.49. The second kappa shape index (κ2) is 10.9. The first-order chi connectivity index (χ1) is 16.1. The molecule has 33 heavy (non-hydrogen) atoms. The van der Waals surface area contributed by atoms with Gasteiger partial charge in [-0.3, -0.25) is 9.79 Å². The number of esters is 1. The van der Waals surface area contributed by atoms with Gasteiger partial charge in [0.15, 0.2) is 5.69 Å². The van der Waals surface area contributed by atoms with E-state index < -0.39 is 5.97 Å². The molecule has 8 heteroatoms. The Labute approximate surface area is 198 Å². The molecule has 0 spiro atoms. The first kappa shape index (κ1) is 23.3. The number of hydrogen-bond acceptors (Lipinski definition) is 7. The van der Waals surface area contributed by atoms with E-state index >= 15 is 0 Å². The van der Waals surface area contributed by atoms with Crippen LogP contribution in [0.2, 0.25) is 0 Å². The van der Waals surface area contributed by atoms with Crippen molar-refractivity contribution < 1.29 is 14.3 Å². The Morgan fingerprint density at radius 1 is 1.21 bits per heavy atom. The van der Waals surface area contributed by atoms with E-state index in [9.17, 15) is 9.59 Å². The lowest BCUT2D eigenvalue weighted by molar-refractivity contribution is -0.126. The maximum absolute atomic E-state index is 13.1. The van der Waals surface area contributed by atoms with E-state index in [2.05, 4.69) is 22.4 Å². The van der Waals surface area contributed by atoms with Gasteiger partial charge in [0.1, 0.15) is 5.01 Å². The Kier molecular flexibility index (Phi) is 7.67. The summed E-state index contributed by atoms with van der Waals surface area (Å²) in [4.78, 5) is 34.1. The maximum Gasteiger partial charge on any atom is 0.357 e. The van der Waals surface area contributed by atoms with Gasteiger partial charge >= 0.3 is 5.97 Å². The molecule has 2 aromatic rings. The number of nitrogens with two attached hydrogens (primary N) is 1. The molecule has 1 saturated carbocycles. The normalized spacial score (nSPS) is 21.2. The van der Waals surface area contributed by atoms with Crippen molar-refractivity contribution in [2.75, 3.05) is 13.7 Å². The SMILES string of the molecule is COC(=O)c1csc(C2=CCC([C@H](Cc3ccccc3)NC(=O)C3CCC(CN)CC3)=N2)n1. The van der Waals surface area contributed by atoms with Crippen LogP contribution in [0.25, 0.3) is 5.70 Å². The van der Waals surface area contributed by atoms with Crippen LogP contribution in [0.5, 0.6) is 0 Å². The molecule has 3 N–H and O–H groups in total. The van der Waals surface area contributed by atoms with Crippen LogP contribution in [-0.2, 0) is 16.0 Å². The van der Waals surface area contributed by atoms with Gasteiger partial charge in [0, 0.05) is 23.4 Å². The van der Waals surface area contributed by atoms with E-state index in [0.29, 0.717) is 30.3 Å². The van der Waals surface area contributed by atoms with E-state index in [-0.39, 0.29) is 23.6 Å². The van der Waals surface area contributed by atoms with E-state index in [1.165, 1.54) is 18.4 Å². The number of nitrogens with one attached hydrogen (secondary N) is 1. The minimum Gasteiger partial charge on any atom is -0.464 e. The molecule has 174 valence electrons. The predicted octanol–water partition coefficient (Wildman–Crippen LogP) is 3.61. The fourth-order valence-corrected chi connectivity index (χ4v) is 5.22. The van der Waals surface area contributed by atoms with Crippen molar-refractivity contribution in [2.24, 2.45) is 22.6 Å². The minimum atomic E-state index is -0.459. The topological polar surface area (TPSA) is 107 Å². The summed E-state index contributed by atoms with van der Waals surface area (Å²) in [6.45, 7) is 0.699. The fraction of sp³-hybridized carbons (Fsp3) is 0.440. The van der Waals surface area contributed by atoms with E-state index in [1.807, 2.05) is 24.3 Å². The van der Waals surface area contributed by atoms with Gasteiger partial charge < -0.3 is 15.8 Å². The number of benzene rings is 1. The molecule has 7 nitrogen and oxygen atoms in total. The first-order valence-electron chi connectivity index (χ1n) is 11.4. The third kappa shape index (κ3) is 5.75.